The summed E-state index contributed by atoms with van der Waals surface area (Å²) in [6.45, 7) is 3.74. The highest BCUT2D eigenvalue weighted by atomic mass is 16.5. The number of anilines is 1. The molecule has 0 saturated carbocycles. The summed E-state index contributed by atoms with van der Waals surface area (Å²) in [7, 11) is 4.04. The van der Waals surface area contributed by atoms with E-state index in [1.165, 1.54) is 11.1 Å². The van der Waals surface area contributed by atoms with Gasteiger partial charge in [-0.25, -0.2) is 4.98 Å². The fourth-order valence-corrected chi connectivity index (χ4v) is 3.04. The molecular formula is C19H26N4O. The second-order valence-corrected chi connectivity index (χ2v) is 6.54. The van der Waals surface area contributed by atoms with Gasteiger partial charge in [-0.1, -0.05) is 6.07 Å². The third-order valence-electron chi connectivity index (χ3n) is 4.37. The molecule has 1 saturated heterocycles. The maximum absolute atomic E-state index is 5.96. The average molecular weight is 326 g/mol. The van der Waals surface area contributed by atoms with Crippen molar-refractivity contribution in [2.24, 2.45) is 0 Å². The summed E-state index contributed by atoms with van der Waals surface area (Å²) >= 11 is 0. The molecule has 1 unspecified atom stereocenters. The van der Waals surface area contributed by atoms with Crippen LogP contribution >= 0.6 is 0 Å². The standard InChI is InChI=1S/C19H26N4O/c1-22(2)19-12-16(7-9-21-19)5-6-18-15-23(10-11-24-18)14-17-4-3-8-20-13-17/h3-4,7-9,12-13,18H,5-6,10-11,14-15H2,1-2H3. The van der Waals surface area contributed by atoms with Gasteiger partial charge in [0.05, 0.1) is 12.7 Å². The highest BCUT2D eigenvalue weighted by Gasteiger charge is 2.20. The van der Waals surface area contributed by atoms with Crippen LogP contribution in [0.15, 0.2) is 42.9 Å². The molecule has 5 heteroatoms. The van der Waals surface area contributed by atoms with Gasteiger partial charge in [-0.3, -0.25) is 9.88 Å². The van der Waals surface area contributed by atoms with Crippen LogP contribution in [0.4, 0.5) is 5.82 Å². The number of rotatable bonds is 6. The zero-order chi connectivity index (χ0) is 16.8. The number of hydrogen-bond donors (Lipinski definition) is 0. The smallest absolute Gasteiger partial charge is 0.128 e. The number of ether oxygens (including phenoxy) is 1. The van der Waals surface area contributed by atoms with E-state index in [4.69, 9.17) is 4.74 Å². The van der Waals surface area contributed by atoms with Crippen LogP contribution in [0, 0.1) is 0 Å². The first kappa shape index (κ1) is 16.9. The predicted molar refractivity (Wildman–Crippen MR) is 96.1 cm³/mol. The van der Waals surface area contributed by atoms with Crippen molar-refractivity contribution in [3.63, 3.8) is 0 Å². The Morgan fingerprint density at radius 2 is 2.17 bits per heavy atom. The Morgan fingerprint density at radius 3 is 2.96 bits per heavy atom. The van der Waals surface area contributed by atoms with Crippen LogP contribution in [0.2, 0.25) is 0 Å². The largest absolute Gasteiger partial charge is 0.376 e. The molecule has 1 aliphatic rings. The van der Waals surface area contributed by atoms with Crippen LogP contribution in [0.1, 0.15) is 17.5 Å². The molecule has 3 rings (SSSR count). The number of morpholine rings is 1. The first-order valence-corrected chi connectivity index (χ1v) is 8.56. The van der Waals surface area contributed by atoms with E-state index in [2.05, 4.69) is 33.1 Å². The quantitative estimate of drug-likeness (QED) is 0.815. The van der Waals surface area contributed by atoms with E-state index in [0.29, 0.717) is 6.10 Å². The number of aryl methyl sites for hydroxylation is 1. The molecule has 0 aliphatic carbocycles. The first-order valence-electron chi connectivity index (χ1n) is 8.56. The van der Waals surface area contributed by atoms with Crippen molar-refractivity contribution in [3.8, 4) is 0 Å². The van der Waals surface area contributed by atoms with Gasteiger partial charge in [0, 0.05) is 52.3 Å². The molecular weight excluding hydrogens is 300 g/mol. The maximum Gasteiger partial charge on any atom is 0.128 e. The van der Waals surface area contributed by atoms with E-state index in [1.54, 1.807) is 0 Å². The van der Waals surface area contributed by atoms with Crippen LogP contribution in [0.25, 0.3) is 0 Å². The summed E-state index contributed by atoms with van der Waals surface area (Å²) in [4.78, 5) is 13.1. The Kier molecular flexibility index (Phi) is 5.77. The van der Waals surface area contributed by atoms with E-state index < -0.39 is 0 Å². The number of hydrogen-bond acceptors (Lipinski definition) is 5. The topological polar surface area (TPSA) is 41.5 Å². The highest BCUT2D eigenvalue weighted by molar-refractivity contribution is 5.39. The summed E-state index contributed by atoms with van der Waals surface area (Å²) in [5.41, 5.74) is 2.59. The minimum absolute atomic E-state index is 0.298. The molecule has 0 amide bonds. The van der Waals surface area contributed by atoms with Gasteiger partial charge in [0.2, 0.25) is 0 Å². The van der Waals surface area contributed by atoms with Crippen molar-refractivity contribution in [3.05, 3.63) is 54.0 Å². The van der Waals surface area contributed by atoms with Crippen molar-refractivity contribution in [1.82, 2.24) is 14.9 Å². The molecule has 0 aromatic carbocycles. The minimum Gasteiger partial charge on any atom is -0.376 e. The molecule has 2 aromatic heterocycles. The van der Waals surface area contributed by atoms with Crippen molar-refractivity contribution < 1.29 is 4.74 Å². The normalized spacial score (nSPS) is 18.5. The summed E-state index contributed by atoms with van der Waals surface area (Å²) in [6.07, 6.45) is 8.02. The SMILES string of the molecule is CN(C)c1cc(CCC2CN(Cc3cccnc3)CCO2)ccn1. The summed E-state index contributed by atoms with van der Waals surface area (Å²) in [5.74, 6) is 1.01. The lowest BCUT2D eigenvalue weighted by Crippen LogP contribution is -2.42. The van der Waals surface area contributed by atoms with E-state index in [9.17, 15) is 0 Å². The van der Waals surface area contributed by atoms with Crippen LogP contribution in [0.3, 0.4) is 0 Å². The van der Waals surface area contributed by atoms with Crippen LogP contribution in [-0.2, 0) is 17.7 Å². The van der Waals surface area contributed by atoms with Gasteiger partial charge in [-0.05, 0) is 42.2 Å². The van der Waals surface area contributed by atoms with Crippen molar-refractivity contribution >= 4 is 5.82 Å². The maximum atomic E-state index is 5.96. The molecule has 5 nitrogen and oxygen atoms in total. The molecule has 1 aliphatic heterocycles. The van der Waals surface area contributed by atoms with Gasteiger partial charge in [-0.15, -0.1) is 0 Å². The Morgan fingerprint density at radius 1 is 1.25 bits per heavy atom. The Hall–Kier alpha value is -1.98. The molecule has 2 aromatic rings. The van der Waals surface area contributed by atoms with Gasteiger partial charge in [-0.2, -0.15) is 0 Å². The number of pyridine rings is 2. The van der Waals surface area contributed by atoms with Gasteiger partial charge in [0.1, 0.15) is 5.82 Å². The molecule has 1 fully saturated rings. The second-order valence-electron chi connectivity index (χ2n) is 6.54. The van der Waals surface area contributed by atoms with E-state index in [-0.39, 0.29) is 0 Å². The fraction of sp³-hybridized carbons (Fsp3) is 0.474. The third-order valence-corrected chi connectivity index (χ3v) is 4.37. The van der Waals surface area contributed by atoms with Crippen LogP contribution < -0.4 is 4.90 Å². The lowest BCUT2D eigenvalue weighted by Gasteiger charge is -2.33. The fourth-order valence-electron chi connectivity index (χ4n) is 3.04. The van der Waals surface area contributed by atoms with E-state index in [0.717, 1.165) is 44.9 Å². The first-order chi connectivity index (χ1) is 11.7. The molecule has 0 N–H and O–H groups in total. The zero-order valence-electron chi connectivity index (χ0n) is 14.6. The molecule has 3 heterocycles. The summed E-state index contributed by atoms with van der Waals surface area (Å²) < 4.78 is 5.96. The molecule has 128 valence electrons. The summed E-state index contributed by atoms with van der Waals surface area (Å²) in [5, 5.41) is 0. The molecule has 24 heavy (non-hydrogen) atoms. The Balaban J connectivity index is 1.51. The predicted octanol–water partition coefficient (Wildman–Crippen LogP) is 2.38. The van der Waals surface area contributed by atoms with Gasteiger partial charge in [0.15, 0.2) is 0 Å². The van der Waals surface area contributed by atoms with Crippen molar-refractivity contribution in [2.45, 2.75) is 25.5 Å². The van der Waals surface area contributed by atoms with E-state index >= 15 is 0 Å². The minimum atomic E-state index is 0.298. The van der Waals surface area contributed by atoms with Crippen LogP contribution in [-0.4, -0.2) is 54.8 Å². The van der Waals surface area contributed by atoms with Crippen molar-refractivity contribution in [1.29, 1.82) is 0 Å². The summed E-state index contributed by atoms with van der Waals surface area (Å²) in [6, 6.07) is 8.40. The second kappa shape index (κ2) is 8.22. The number of aromatic nitrogens is 2. The Labute approximate surface area is 144 Å². The molecule has 1 atom stereocenters. The van der Waals surface area contributed by atoms with Gasteiger partial charge in [0.25, 0.3) is 0 Å². The monoisotopic (exact) mass is 326 g/mol. The molecule has 0 radical (unpaired) electrons. The Bertz CT molecular complexity index is 632. The average Bonchev–Trinajstić information content (AvgIpc) is 2.61. The van der Waals surface area contributed by atoms with Gasteiger partial charge < -0.3 is 9.64 Å². The molecule has 0 bridgehead atoms. The highest BCUT2D eigenvalue weighted by Crippen LogP contribution is 2.16. The molecule has 0 spiro atoms. The van der Waals surface area contributed by atoms with Crippen LogP contribution in [0.5, 0.6) is 0 Å². The third kappa shape index (κ3) is 4.76. The van der Waals surface area contributed by atoms with Gasteiger partial charge >= 0.3 is 0 Å². The number of nitrogens with zero attached hydrogens (tertiary/aromatic N) is 4. The lowest BCUT2D eigenvalue weighted by atomic mass is 10.1. The van der Waals surface area contributed by atoms with E-state index in [1.807, 2.05) is 43.7 Å². The zero-order valence-corrected chi connectivity index (χ0v) is 14.6. The van der Waals surface area contributed by atoms with Crippen molar-refractivity contribution in [2.75, 3.05) is 38.7 Å². The lowest BCUT2D eigenvalue weighted by molar-refractivity contribution is -0.0346.